The van der Waals surface area contributed by atoms with Gasteiger partial charge in [0.05, 0.1) is 18.2 Å². The van der Waals surface area contributed by atoms with Crippen LogP contribution in [0.1, 0.15) is 38.3 Å². The molecule has 1 aliphatic carbocycles. The minimum absolute atomic E-state index is 0.173. The molecule has 1 atom stereocenters. The molecule has 1 aliphatic heterocycles. The second kappa shape index (κ2) is 6.24. The minimum atomic E-state index is -0.592. The maximum absolute atomic E-state index is 12.5. The third-order valence-corrected chi connectivity index (χ3v) is 4.49. The highest BCUT2D eigenvalue weighted by Gasteiger charge is 2.42. The zero-order valence-corrected chi connectivity index (χ0v) is 13.9. The Morgan fingerprint density at radius 1 is 1.39 bits per heavy atom. The van der Waals surface area contributed by atoms with E-state index in [-0.39, 0.29) is 18.7 Å². The fraction of sp³-hybridized carbons (Fsp3) is 0.412. The summed E-state index contributed by atoms with van der Waals surface area (Å²) in [6, 6.07) is 6.59. The first-order chi connectivity index (χ1) is 11.0. The van der Waals surface area contributed by atoms with Crippen molar-refractivity contribution >= 4 is 23.6 Å². The Morgan fingerprint density at radius 3 is 2.70 bits per heavy atom. The Labute approximate surface area is 140 Å². The number of nitrogens with one attached hydrogen (secondary N) is 1. The topological polar surface area (TPSA) is 58.6 Å². The Morgan fingerprint density at radius 2 is 2.09 bits per heavy atom. The number of halogens is 1. The van der Waals surface area contributed by atoms with E-state index in [9.17, 15) is 9.59 Å². The summed E-state index contributed by atoms with van der Waals surface area (Å²) < 4.78 is 5.21. The van der Waals surface area contributed by atoms with Gasteiger partial charge < -0.3 is 10.1 Å². The van der Waals surface area contributed by atoms with Gasteiger partial charge in [0.25, 0.3) is 0 Å². The van der Waals surface area contributed by atoms with Crippen LogP contribution in [0.3, 0.4) is 0 Å². The molecule has 1 saturated carbocycles. The molecule has 1 unspecified atom stereocenters. The van der Waals surface area contributed by atoms with Crippen molar-refractivity contribution in [1.29, 1.82) is 0 Å². The highest BCUT2D eigenvalue weighted by Crippen LogP contribution is 2.39. The summed E-state index contributed by atoms with van der Waals surface area (Å²) in [5.74, 6) is -0.416. The highest BCUT2D eigenvalue weighted by molar-refractivity contribution is 6.31. The molecule has 2 aliphatic rings. The van der Waals surface area contributed by atoms with E-state index in [2.05, 4.69) is 5.32 Å². The zero-order chi connectivity index (χ0) is 16.6. The minimum Gasteiger partial charge on any atom is -0.463 e. The second-order valence-electron chi connectivity index (χ2n) is 5.72. The lowest BCUT2D eigenvalue weighted by atomic mass is 9.94. The van der Waals surface area contributed by atoms with Crippen molar-refractivity contribution < 1.29 is 14.3 Å². The van der Waals surface area contributed by atoms with Gasteiger partial charge in [0.2, 0.25) is 0 Å². The van der Waals surface area contributed by atoms with Crippen LogP contribution in [0.4, 0.5) is 4.79 Å². The molecule has 1 N–H and O–H groups in total. The average Bonchev–Trinajstić information content (AvgIpc) is 3.32. The molecular formula is C17H19ClN2O3. The summed E-state index contributed by atoms with van der Waals surface area (Å²) in [7, 11) is 0. The zero-order valence-electron chi connectivity index (χ0n) is 13.1. The molecule has 1 heterocycles. The molecular weight excluding hydrogens is 316 g/mol. The number of allylic oxidation sites excluding steroid dienone is 1. The van der Waals surface area contributed by atoms with Crippen LogP contribution in [0.15, 0.2) is 35.5 Å². The third kappa shape index (κ3) is 2.93. The number of hydrogen-bond acceptors (Lipinski definition) is 3. The molecule has 0 spiro atoms. The van der Waals surface area contributed by atoms with Crippen LogP contribution < -0.4 is 5.32 Å². The van der Waals surface area contributed by atoms with Gasteiger partial charge in [-0.15, -0.1) is 0 Å². The standard InChI is InChI=1S/C17H19ClN2O3/c1-3-23-16(21)14-10(2)20(11-8-9-11)17(22)19-15(14)12-6-4-5-7-13(12)18/h4-7,11,15H,3,8-9H2,1-2H3,(H,19,22). The predicted molar refractivity (Wildman–Crippen MR) is 86.9 cm³/mol. The van der Waals surface area contributed by atoms with Crippen molar-refractivity contribution in [3.8, 4) is 0 Å². The molecule has 3 rings (SSSR count). The van der Waals surface area contributed by atoms with Gasteiger partial charge in [-0.05, 0) is 38.3 Å². The third-order valence-electron chi connectivity index (χ3n) is 4.15. The number of benzene rings is 1. The summed E-state index contributed by atoms with van der Waals surface area (Å²) >= 11 is 6.27. The first kappa shape index (κ1) is 15.9. The van der Waals surface area contributed by atoms with E-state index in [4.69, 9.17) is 16.3 Å². The van der Waals surface area contributed by atoms with Crippen molar-refractivity contribution in [1.82, 2.24) is 10.2 Å². The van der Waals surface area contributed by atoms with Gasteiger partial charge in [0.1, 0.15) is 0 Å². The van der Waals surface area contributed by atoms with Crippen molar-refractivity contribution in [2.24, 2.45) is 0 Å². The van der Waals surface area contributed by atoms with Crippen LogP contribution >= 0.6 is 11.6 Å². The molecule has 1 aromatic rings. The lowest BCUT2D eigenvalue weighted by Crippen LogP contribution is -2.49. The molecule has 0 radical (unpaired) electrons. The molecule has 0 saturated heterocycles. The number of carbonyl (C=O) groups is 2. The number of hydrogen-bond donors (Lipinski definition) is 1. The highest BCUT2D eigenvalue weighted by atomic mass is 35.5. The smallest absolute Gasteiger partial charge is 0.338 e. The van der Waals surface area contributed by atoms with Crippen LogP contribution in [0.2, 0.25) is 5.02 Å². The Balaban J connectivity index is 2.08. The lowest BCUT2D eigenvalue weighted by molar-refractivity contribution is -0.139. The number of nitrogens with zero attached hydrogens (tertiary/aromatic N) is 1. The predicted octanol–water partition coefficient (Wildman–Crippen LogP) is 3.41. The maximum atomic E-state index is 12.5. The van der Waals surface area contributed by atoms with Gasteiger partial charge in [-0.2, -0.15) is 0 Å². The number of ether oxygens (including phenoxy) is 1. The number of esters is 1. The summed E-state index contributed by atoms with van der Waals surface area (Å²) in [5, 5.41) is 3.42. The van der Waals surface area contributed by atoms with Crippen molar-refractivity contribution in [2.75, 3.05) is 6.61 Å². The quantitative estimate of drug-likeness (QED) is 0.858. The fourth-order valence-electron chi connectivity index (χ4n) is 2.95. The van der Waals surface area contributed by atoms with E-state index in [0.29, 0.717) is 21.9 Å². The Hall–Kier alpha value is -2.01. The van der Waals surface area contributed by atoms with Crippen LogP contribution in [0.5, 0.6) is 0 Å². The van der Waals surface area contributed by atoms with Gasteiger partial charge >= 0.3 is 12.0 Å². The van der Waals surface area contributed by atoms with E-state index < -0.39 is 12.0 Å². The fourth-order valence-corrected chi connectivity index (χ4v) is 3.19. The molecule has 23 heavy (non-hydrogen) atoms. The van der Waals surface area contributed by atoms with Crippen molar-refractivity contribution in [3.63, 3.8) is 0 Å². The monoisotopic (exact) mass is 334 g/mol. The summed E-state index contributed by atoms with van der Waals surface area (Å²) in [4.78, 5) is 26.7. The lowest BCUT2D eigenvalue weighted by Gasteiger charge is -2.35. The van der Waals surface area contributed by atoms with E-state index in [1.54, 1.807) is 24.8 Å². The molecule has 2 amide bonds. The SMILES string of the molecule is CCOC(=O)C1=C(C)N(C2CC2)C(=O)NC1c1ccccc1Cl. The van der Waals surface area contributed by atoms with Gasteiger partial charge in [-0.1, -0.05) is 29.8 Å². The van der Waals surface area contributed by atoms with Crippen LogP contribution in [-0.4, -0.2) is 29.5 Å². The van der Waals surface area contributed by atoms with E-state index >= 15 is 0 Å². The van der Waals surface area contributed by atoms with Crippen LogP contribution in [0.25, 0.3) is 0 Å². The van der Waals surface area contributed by atoms with Gasteiger partial charge in [0.15, 0.2) is 0 Å². The molecule has 1 aromatic carbocycles. The summed E-state index contributed by atoms with van der Waals surface area (Å²) in [5.41, 5.74) is 1.80. The molecule has 1 fully saturated rings. The van der Waals surface area contributed by atoms with E-state index in [1.807, 2.05) is 18.2 Å². The number of urea groups is 1. The number of amides is 2. The first-order valence-electron chi connectivity index (χ1n) is 7.76. The Bertz CT molecular complexity index is 682. The average molecular weight is 335 g/mol. The van der Waals surface area contributed by atoms with Crippen LogP contribution in [-0.2, 0) is 9.53 Å². The molecule has 5 nitrogen and oxygen atoms in total. The molecule has 6 heteroatoms. The first-order valence-corrected chi connectivity index (χ1v) is 8.14. The van der Waals surface area contributed by atoms with Gasteiger partial charge in [0, 0.05) is 16.8 Å². The van der Waals surface area contributed by atoms with E-state index in [1.165, 1.54) is 0 Å². The summed E-state index contributed by atoms with van der Waals surface area (Å²) in [6.45, 7) is 3.84. The van der Waals surface area contributed by atoms with Crippen LogP contribution in [0, 0.1) is 0 Å². The normalized spacial score (nSPS) is 21.3. The van der Waals surface area contributed by atoms with Crippen molar-refractivity contribution in [3.05, 3.63) is 46.1 Å². The van der Waals surface area contributed by atoms with Gasteiger partial charge in [-0.3, -0.25) is 4.90 Å². The number of carbonyl (C=O) groups excluding carboxylic acids is 2. The molecule has 122 valence electrons. The maximum Gasteiger partial charge on any atom is 0.338 e. The largest absolute Gasteiger partial charge is 0.463 e. The second-order valence-corrected chi connectivity index (χ2v) is 6.13. The van der Waals surface area contributed by atoms with Gasteiger partial charge in [-0.25, -0.2) is 9.59 Å². The van der Waals surface area contributed by atoms with E-state index in [0.717, 1.165) is 12.8 Å². The van der Waals surface area contributed by atoms with Crippen molar-refractivity contribution in [2.45, 2.75) is 38.8 Å². The Kier molecular flexibility index (Phi) is 4.31. The molecule has 0 aromatic heterocycles. The number of rotatable bonds is 4. The molecule has 0 bridgehead atoms. The summed E-state index contributed by atoms with van der Waals surface area (Å²) in [6.07, 6.45) is 1.91.